The van der Waals surface area contributed by atoms with Crippen LogP contribution in [-0.4, -0.2) is 46.9 Å². The molecule has 0 aliphatic carbocycles. The number of hydrogen-bond donors (Lipinski definition) is 3. The van der Waals surface area contributed by atoms with Crippen molar-refractivity contribution in [1.82, 2.24) is 5.32 Å². The number of ether oxygens (including phenoxy) is 1. The number of allylic oxidation sites excluding steroid dienone is 18. The third kappa shape index (κ3) is 45.1. The maximum Gasteiger partial charge on any atom is 0.306 e. The topological polar surface area (TPSA) is 95.9 Å². The van der Waals surface area contributed by atoms with E-state index in [1.807, 2.05) is 42.5 Å². The van der Waals surface area contributed by atoms with Gasteiger partial charge in [-0.2, -0.15) is 0 Å². The summed E-state index contributed by atoms with van der Waals surface area (Å²) >= 11 is 0. The Morgan fingerprint density at radius 2 is 0.938 bits per heavy atom. The van der Waals surface area contributed by atoms with Crippen LogP contribution >= 0.6 is 0 Å². The van der Waals surface area contributed by atoms with Crippen molar-refractivity contribution in [3.63, 3.8) is 0 Å². The molecule has 0 aliphatic rings. The Bertz CT molecular complexity index is 1320. The summed E-state index contributed by atoms with van der Waals surface area (Å²) in [6, 6.07) is -0.735. The molecule has 1 amide bonds. The fourth-order valence-electron chi connectivity index (χ4n) is 7.33. The molecule has 0 spiro atoms. The number of amides is 1. The molecular weight excluding hydrogens is 791 g/mol. The summed E-state index contributed by atoms with van der Waals surface area (Å²) in [7, 11) is 0. The SMILES string of the molecule is CC/C=C/C=C/C=C\C=C/C=C/CCCCCC(=O)OC(CCC/C=C/C/C=C/C/C=C/C/C=C/CC)CC(=O)NC(CO)C(O)CCCCCCCCCCCCCCCCCC. The van der Waals surface area contributed by atoms with Crippen molar-refractivity contribution in [2.75, 3.05) is 6.61 Å². The first-order valence-electron chi connectivity index (χ1n) is 26.2. The number of hydrogen-bond acceptors (Lipinski definition) is 5. The number of esters is 1. The molecule has 6 heteroatoms. The Hall–Kier alpha value is -3.48. The lowest BCUT2D eigenvalue weighted by Crippen LogP contribution is -2.46. The molecule has 0 aromatic carbocycles. The van der Waals surface area contributed by atoms with Gasteiger partial charge in [-0.15, -0.1) is 0 Å². The van der Waals surface area contributed by atoms with Gasteiger partial charge in [-0.1, -0.05) is 239 Å². The van der Waals surface area contributed by atoms with Crippen LogP contribution in [0.4, 0.5) is 0 Å². The normalized spacial score (nSPS) is 14.1. The molecule has 0 aromatic heterocycles. The summed E-state index contributed by atoms with van der Waals surface area (Å²) in [6.45, 7) is 6.20. The number of nitrogens with one attached hydrogen (secondary N) is 1. The van der Waals surface area contributed by atoms with Crippen molar-refractivity contribution in [1.29, 1.82) is 0 Å². The highest BCUT2D eigenvalue weighted by molar-refractivity contribution is 5.77. The molecule has 0 aromatic rings. The Labute approximate surface area is 394 Å². The van der Waals surface area contributed by atoms with Crippen LogP contribution in [0.25, 0.3) is 0 Å². The van der Waals surface area contributed by atoms with Crippen LogP contribution in [0.15, 0.2) is 109 Å². The molecule has 64 heavy (non-hydrogen) atoms. The molecule has 0 fully saturated rings. The highest BCUT2D eigenvalue weighted by Gasteiger charge is 2.24. The number of aliphatic hydroxyl groups excluding tert-OH is 2. The number of rotatable bonds is 45. The molecular formula is C58H97NO5. The molecule has 0 bridgehead atoms. The van der Waals surface area contributed by atoms with Gasteiger partial charge in [0.25, 0.3) is 0 Å². The molecule has 0 rings (SSSR count). The van der Waals surface area contributed by atoms with Crippen LogP contribution in [0.1, 0.15) is 220 Å². The molecule has 0 heterocycles. The zero-order valence-electron chi connectivity index (χ0n) is 41.4. The fourth-order valence-corrected chi connectivity index (χ4v) is 7.33. The van der Waals surface area contributed by atoms with E-state index in [0.717, 1.165) is 89.9 Å². The van der Waals surface area contributed by atoms with Crippen molar-refractivity contribution >= 4 is 11.9 Å². The lowest BCUT2D eigenvalue weighted by Gasteiger charge is -2.24. The van der Waals surface area contributed by atoms with Crippen LogP contribution in [0.3, 0.4) is 0 Å². The average Bonchev–Trinajstić information content (AvgIpc) is 3.29. The second kappa shape index (κ2) is 50.5. The minimum atomic E-state index is -0.817. The first kappa shape index (κ1) is 60.5. The quantitative estimate of drug-likeness (QED) is 0.0245. The first-order chi connectivity index (χ1) is 31.5. The van der Waals surface area contributed by atoms with Crippen LogP contribution in [0.5, 0.6) is 0 Å². The van der Waals surface area contributed by atoms with E-state index in [-0.39, 0.29) is 24.9 Å². The molecule has 364 valence electrons. The number of aliphatic hydroxyl groups is 2. The van der Waals surface area contributed by atoms with Crippen LogP contribution in [0, 0.1) is 0 Å². The van der Waals surface area contributed by atoms with E-state index < -0.39 is 18.2 Å². The van der Waals surface area contributed by atoms with Crippen LogP contribution in [0.2, 0.25) is 0 Å². The summed E-state index contributed by atoms with van der Waals surface area (Å²) < 4.78 is 5.88. The molecule has 0 saturated heterocycles. The predicted octanol–water partition coefficient (Wildman–Crippen LogP) is 15.9. The molecule has 3 N–H and O–H groups in total. The summed E-state index contributed by atoms with van der Waals surface area (Å²) in [5.41, 5.74) is 0. The Balaban J connectivity index is 4.72. The third-order valence-corrected chi connectivity index (χ3v) is 11.2. The zero-order chi connectivity index (χ0) is 46.7. The van der Waals surface area contributed by atoms with Crippen molar-refractivity contribution in [2.45, 2.75) is 238 Å². The van der Waals surface area contributed by atoms with Gasteiger partial charge in [-0.05, 0) is 77.0 Å². The summed E-state index contributed by atoms with van der Waals surface area (Å²) in [4.78, 5) is 26.1. The Morgan fingerprint density at radius 1 is 0.484 bits per heavy atom. The molecule has 3 atom stereocenters. The second-order valence-corrected chi connectivity index (χ2v) is 17.3. The number of carbonyl (C=O) groups is 2. The lowest BCUT2D eigenvalue weighted by molar-refractivity contribution is -0.151. The molecule has 0 aliphatic heterocycles. The van der Waals surface area contributed by atoms with E-state index in [1.54, 1.807) is 0 Å². The lowest BCUT2D eigenvalue weighted by atomic mass is 10.0. The Morgan fingerprint density at radius 3 is 1.47 bits per heavy atom. The van der Waals surface area contributed by atoms with Crippen LogP contribution < -0.4 is 5.32 Å². The van der Waals surface area contributed by atoms with Gasteiger partial charge in [-0.3, -0.25) is 9.59 Å². The minimum Gasteiger partial charge on any atom is -0.462 e. The smallest absolute Gasteiger partial charge is 0.306 e. The Kier molecular flexibility index (Phi) is 47.8. The average molecular weight is 888 g/mol. The van der Waals surface area contributed by atoms with Gasteiger partial charge < -0.3 is 20.3 Å². The van der Waals surface area contributed by atoms with Gasteiger partial charge >= 0.3 is 5.97 Å². The third-order valence-electron chi connectivity index (χ3n) is 11.2. The van der Waals surface area contributed by atoms with Gasteiger partial charge in [0.2, 0.25) is 5.91 Å². The van der Waals surface area contributed by atoms with E-state index in [4.69, 9.17) is 4.74 Å². The molecule has 0 radical (unpaired) electrons. The standard InChI is InChI=1S/C58H97NO5/c1-4-7-10-13-16-19-22-25-28-30-32-35-38-41-44-47-50-56(61)55(53-60)59-57(62)52-54(49-46-43-40-37-34-31-27-24-21-18-15-12-9-6-3)64-58(63)51-48-45-42-39-36-33-29-26-23-20-17-14-11-8-5-2/h8-9,11-12,14,17-18,20-21,23,26-27,29,31,33,36-37,40,54-56,60-61H,4-7,10,13,15-16,19,22,24-25,28,30,32,34-35,38-39,41-53H2,1-3H3,(H,59,62)/b11-8+,12-9+,17-14+,21-18+,23-20-,29-26-,31-27+,36-33+,40-37+. The van der Waals surface area contributed by atoms with Gasteiger partial charge in [0.15, 0.2) is 0 Å². The molecule has 0 saturated carbocycles. The largest absolute Gasteiger partial charge is 0.462 e. The van der Waals surface area contributed by atoms with Gasteiger partial charge in [0.05, 0.1) is 25.2 Å². The van der Waals surface area contributed by atoms with Crippen molar-refractivity contribution in [2.24, 2.45) is 0 Å². The van der Waals surface area contributed by atoms with Crippen molar-refractivity contribution in [3.05, 3.63) is 109 Å². The van der Waals surface area contributed by atoms with E-state index in [2.05, 4.69) is 92.9 Å². The molecule has 6 nitrogen and oxygen atoms in total. The van der Waals surface area contributed by atoms with Gasteiger partial charge in [0, 0.05) is 6.42 Å². The van der Waals surface area contributed by atoms with Gasteiger partial charge in [-0.25, -0.2) is 0 Å². The van der Waals surface area contributed by atoms with Crippen molar-refractivity contribution < 1.29 is 24.5 Å². The van der Waals surface area contributed by atoms with E-state index in [9.17, 15) is 19.8 Å². The highest BCUT2D eigenvalue weighted by atomic mass is 16.5. The summed E-state index contributed by atoms with van der Waals surface area (Å²) in [6.07, 6.45) is 68.6. The van der Waals surface area contributed by atoms with Gasteiger partial charge in [0.1, 0.15) is 6.10 Å². The second-order valence-electron chi connectivity index (χ2n) is 17.3. The van der Waals surface area contributed by atoms with Crippen LogP contribution in [-0.2, 0) is 14.3 Å². The van der Waals surface area contributed by atoms with E-state index in [1.165, 1.54) is 83.5 Å². The summed E-state index contributed by atoms with van der Waals surface area (Å²) in [5.74, 6) is -0.587. The maximum absolute atomic E-state index is 13.2. The molecule has 3 unspecified atom stereocenters. The van der Waals surface area contributed by atoms with E-state index in [0.29, 0.717) is 19.3 Å². The van der Waals surface area contributed by atoms with E-state index >= 15 is 0 Å². The monoisotopic (exact) mass is 888 g/mol. The predicted molar refractivity (Wildman–Crippen MR) is 277 cm³/mol. The fraction of sp³-hybridized carbons (Fsp3) is 0.655. The number of carbonyl (C=O) groups excluding carboxylic acids is 2. The maximum atomic E-state index is 13.2. The highest BCUT2D eigenvalue weighted by Crippen LogP contribution is 2.17. The summed E-state index contributed by atoms with van der Waals surface area (Å²) in [5, 5.41) is 23.8. The first-order valence-corrected chi connectivity index (χ1v) is 26.2. The minimum absolute atomic E-state index is 0.0158. The number of unbranched alkanes of at least 4 members (excludes halogenated alkanes) is 19. The zero-order valence-corrected chi connectivity index (χ0v) is 41.4. The van der Waals surface area contributed by atoms with Crippen molar-refractivity contribution in [3.8, 4) is 0 Å².